The van der Waals surface area contributed by atoms with Gasteiger partial charge in [0.05, 0.1) is 16.0 Å². The molecule has 154 valence electrons. The van der Waals surface area contributed by atoms with Crippen molar-refractivity contribution >= 4 is 48.5 Å². The predicted octanol–water partition coefficient (Wildman–Crippen LogP) is 2.27. The number of halogens is 1. The molecule has 0 saturated heterocycles. The van der Waals surface area contributed by atoms with Gasteiger partial charge in [0.2, 0.25) is 10.0 Å². The van der Waals surface area contributed by atoms with Crippen LogP contribution >= 0.6 is 15.9 Å². The minimum atomic E-state index is -3.69. The number of fused-ring (bicyclic) bond motifs is 1. The first kappa shape index (κ1) is 20.1. The van der Waals surface area contributed by atoms with Crippen LogP contribution in [0.15, 0.2) is 50.3 Å². The van der Waals surface area contributed by atoms with Crippen LogP contribution in [0.25, 0.3) is 22.4 Å². The second kappa shape index (κ2) is 7.59. The lowest BCUT2D eigenvalue weighted by atomic mass is 10.1. The summed E-state index contributed by atoms with van der Waals surface area (Å²) in [6.07, 6.45) is 0. The van der Waals surface area contributed by atoms with Crippen LogP contribution in [0, 0.1) is 0 Å². The monoisotopic (exact) mass is 491 g/mol. The van der Waals surface area contributed by atoms with Gasteiger partial charge >= 0.3 is 0 Å². The highest BCUT2D eigenvalue weighted by atomic mass is 79.9. The van der Waals surface area contributed by atoms with Crippen LogP contribution in [0.1, 0.15) is 10.5 Å². The molecule has 0 radical (unpaired) electrons. The minimum absolute atomic E-state index is 0.0225. The number of nitrogens with one attached hydrogen (secondary N) is 2. The average Bonchev–Trinajstić information content (AvgIpc) is 3.38. The highest BCUT2D eigenvalue weighted by molar-refractivity contribution is 9.10. The van der Waals surface area contributed by atoms with E-state index in [-0.39, 0.29) is 21.6 Å². The van der Waals surface area contributed by atoms with Gasteiger partial charge < -0.3 is 9.84 Å². The molecule has 4 rings (SSSR count). The van der Waals surface area contributed by atoms with Crippen molar-refractivity contribution in [2.75, 3.05) is 19.4 Å². The molecule has 2 aromatic heterocycles. The quantitative estimate of drug-likeness (QED) is 0.431. The Hall–Kier alpha value is -3.16. The first-order chi connectivity index (χ1) is 14.3. The summed E-state index contributed by atoms with van der Waals surface area (Å²) in [5, 5.41) is 20.4. The molecule has 2 heterocycles. The zero-order valence-electron chi connectivity index (χ0n) is 15.6. The predicted molar refractivity (Wildman–Crippen MR) is 110 cm³/mol. The minimum Gasteiger partial charge on any atom is -0.355 e. The van der Waals surface area contributed by atoms with Crippen LogP contribution in [0.5, 0.6) is 0 Å². The van der Waals surface area contributed by atoms with Crippen LogP contribution in [0.4, 0.5) is 5.69 Å². The molecule has 1 amide bonds. The van der Waals surface area contributed by atoms with E-state index in [0.717, 1.165) is 8.78 Å². The van der Waals surface area contributed by atoms with Crippen LogP contribution in [0.2, 0.25) is 0 Å². The number of tetrazole rings is 1. The number of rotatable bonds is 5. The number of anilines is 1. The van der Waals surface area contributed by atoms with Gasteiger partial charge in [-0.05, 0) is 46.8 Å². The molecule has 2 aromatic carbocycles. The van der Waals surface area contributed by atoms with Gasteiger partial charge in [-0.1, -0.05) is 21.1 Å². The number of H-pyrrole nitrogens is 1. The third-order valence-electron chi connectivity index (χ3n) is 4.27. The summed E-state index contributed by atoms with van der Waals surface area (Å²) in [5.41, 5.74) is 1.21. The zero-order chi connectivity index (χ0) is 21.5. The lowest BCUT2D eigenvalue weighted by Gasteiger charge is -2.11. The van der Waals surface area contributed by atoms with Gasteiger partial charge in [0.1, 0.15) is 0 Å². The van der Waals surface area contributed by atoms with Gasteiger partial charge in [-0.15, -0.1) is 5.10 Å². The van der Waals surface area contributed by atoms with Gasteiger partial charge in [-0.2, -0.15) is 0 Å². The van der Waals surface area contributed by atoms with Gasteiger partial charge in [0.15, 0.2) is 17.1 Å². The van der Waals surface area contributed by atoms with E-state index in [1.54, 1.807) is 18.2 Å². The van der Waals surface area contributed by atoms with E-state index in [9.17, 15) is 13.2 Å². The van der Waals surface area contributed by atoms with Crippen molar-refractivity contribution in [3.05, 3.63) is 46.6 Å². The summed E-state index contributed by atoms with van der Waals surface area (Å²) >= 11 is 3.37. The molecule has 0 atom stereocenters. The van der Waals surface area contributed by atoms with Gasteiger partial charge in [-0.25, -0.2) is 17.8 Å². The first-order valence-corrected chi connectivity index (χ1v) is 10.7. The first-order valence-electron chi connectivity index (χ1n) is 8.44. The summed E-state index contributed by atoms with van der Waals surface area (Å²) < 4.78 is 31.9. The SMILES string of the molecule is CN(C)S(=O)(=O)c1ccc2onc(C(=O)Nc3ccc(Br)cc3-c3nnn[nH]3)c2c1. The number of carbonyl (C=O) groups is 1. The molecule has 4 aromatic rings. The molecule has 0 bridgehead atoms. The fraction of sp³-hybridized carbons (Fsp3) is 0.118. The molecule has 0 aliphatic rings. The Morgan fingerprint density at radius 2 is 2.00 bits per heavy atom. The third-order valence-corrected chi connectivity index (χ3v) is 6.57. The lowest BCUT2D eigenvalue weighted by Crippen LogP contribution is -2.22. The molecule has 30 heavy (non-hydrogen) atoms. The highest BCUT2D eigenvalue weighted by Gasteiger charge is 2.23. The number of amides is 1. The van der Waals surface area contributed by atoms with E-state index < -0.39 is 15.9 Å². The molecule has 0 saturated carbocycles. The molecule has 0 unspecified atom stereocenters. The van der Waals surface area contributed by atoms with E-state index in [0.29, 0.717) is 17.1 Å². The van der Waals surface area contributed by atoms with Crippen LogP contribution in [0.3, 0.4) is 0 Å². The second-order valence-corrected chi connectivity index (χ2v) is 9.44. The Labute approximate surface area is 178 Å². The number of hydrogen-bond donors (Lipinski definition) is 2. The maximum atomic E-state index is 12.9. The van der Waals surface area contributed by atoms with E-state index >= 15 is 0 Å². The highest BCUT2D eigenvalue weighted by Crippen LogP contribution is 2.30. The number of hydrogen-bond acceptors (Lipinski definition) is 8. The largest absolute Gasteiger partial charge is 0.355 e. The van der Waals surface area contributed by atoms with Crippen LogP contribution in [-0.4, -0.2) is 58.5 Å². The Kier molecular flexibility index (Phi) is 5.09. The van der Waals surface area contributed by atoms with E-state index in [4.69, 9.17) is 4.52 Å². The fourth-order valence-corrected chi connectivity index (χ4v) is 4.02. The topological polar surface area (TPSA) is 147 Å². The van der Waals surface area contributed by atoms with Crippen LogP contribution < -0.4 is 5.32 Å². The summed E-state index contributed by atoms with van der Waals surface area (Å²) in [6.45, 7) is 0. The number of sulfonamides is 1. The molecule has 2 N–H and O–H groups in total. The summed E-state index contributed by atoms with van der Waals surface area (Å²) in [6, 6.07) is 9.37. The van der Waals surface area contributed by atoms with Crippen molar-refractivity contribution in [1.82, 2.24) is 30.1 Å². The van der Waals surface area contributed by atoms with E-state index in [2.05, 4.69) is 47.0 Å². The molecular weight excluding hydrogens is 478 g/mol. The van der Waals surface area contributed by atoms with Crippen molar-refractivity contribution < 1.29 is 17.7 Å². The molecular formula is C17H14BrN7O4S. The zero-order valence-corrected chi connectivity index (χ0v) is 18.0. The van der Waals surface area contributed by atoms with Crippen molar-refractivity contribution in [2.24, 2.45) is 0 Å². The van der Waals surface area contributed by atoms with Gasteiger partial charge in [-0.3, -0.25) is 4.79 Å². The molecule has 0 aliphatic carbocycles. The Morgan fingerprint density at radius 1 is 1.20 bits per heavy atom. The summed E-state index contributed by atoms with van der Waals surface area (Å²) in [7, 11) is -0.838. The van der Waals surface area contributed by atoms with Crippen LogP contribution in [-0.2, 0) is 10.0 Å². The lowest BCUT2D eigenvalue weighted by molar-refractivity contribution is 0.102. The average molecular weight is 492 g/mol. The summed E-state index contributed by atoms with van der Waals surface area (Å²) in [5.74, 6) is -0.222. The standard InChI is InChI=1S/C17H14BrN7O4S/c1-25(2)30(27,28)10-4-6-14-12(8-10)15(22-29-14)17(26)19-13-5-3-9(18)7-11(13)16-20-23-24-21-16/h3-8H,1-2H3,(H,19,26)(H,20,21,23,24). The molecule has 0 spiro atoms. The maximum Gasteiger partial charge on any atom is 0.278 e. The van der Waals surface area contributed by atoms with Crippen molar-refractivity contribution in [2.45, 2.75) is 4.90 Å². The number of aromatic amines is 1. The van der Waals surface area contributed by atoms with Crippen molar-refractivity contribution in [1.29, 1.82) is 0 Å². The van der Waals surface area contributed by atoms with E-state index in [1.807, 2.05) is 0 Å². The Balaban J connectivity index is 1.73. The second-order valence-electron chi connectivity index (χ2n) is 6.37. The van der Waals surface area contributed by atoms with Gasteiger partial charge in [0.25, 0.3) is 5.91 Å². The van der Waals surface area contributed by atoms with Gasteiger partial charge in [0, 0.05) is 24.1 Å². The molecule has 0 fully saturated rings. The van der Waals surface area contributed by atoms with Crippen molar-refractivity contribution in [3.8, 4) is 11.4 Å². The van der Waals surface area contributed by atoms with Crippen molar-refractivity contribution in [3.63, 3.8) is 0 Å². The number of benzene rings is 2. The number of aromatic nitrogens is 5. The Morgan fingerprint density at radius 3 is 2.70 bits per heavy atom. The maximum absolute atomic E-state index is 12.9. The number of nitrogens with zero attached hydrogens (tertiary/aromatic N) is 5. The fourth-order valence-electron chi connectivity index (χ4n) is 2.73. The molecule has 11 nitrogen and oxygen atoms in total. The Bertz CT molecular complexity index is 1350. The molecule has 13 heteroatoms. The summed E-state index contributed by atoms with van der Waals surface area (Å²) in [4.78, 5) is 12.9. The number of carbonyl (C=O) groups excluding carboxylic acids is 1. The van der Waals surface area contributed by atoms with E-state index in [1.165, 1.54) is 32.3 Å². The normalized spacial score (nSPS) is 11.9. The smallest absolute Gasteiger partial charge is 0.278 e. The molecule has 0 aliphatic heterocycles. The third kappa shape index (κ3) is 3.58.